The zero-order valence-electron chi connectivity index (χ0n) is 11.6. The summed E-state index contributed by atoms with van der Waals surface area (Å²) in [4.78, 5) is 0. The minimum absolute atomic E-state index is 0. The molecule has 0 aliphatic carbocycles. The maximum absolute atomic E-state index is 12.9. The lowest BCUT2D eigenvalue weighted by atomic mass is 10.2. The van der Waals surface area contributed by atoms with Crippen LogP contribution in [0.3, 0.4) is 0 Å². The Balaban J connectivity index is 0.00000220. The third-order valence-corrected chi connectivity index (χ3v) is 2.74. The summed E-state index contributed by atoms with van der Waals surface area (Å²) >= 11 is 0. The Hall–Kier alpha value is -1.90. The standard InChI is InChI=1S/C11H14F3N5O.ClH/c1-18-6-8(10(17-18)20-3)15-4-7-5-16-19(2)9(7)11(12,13)14;/h5-6,15H,4H2,1-3H3;1H. The third-order valence-electron chi connectivity index (χ3n) is 2.74. The Morgan fingerprint density at radius 2 is 2.00 bits per heavy atom. The SMILES string of the molecule is COc1nn(C)cc1NCc1cnn(C)c1C(F)(F)F.Cl. The molecule has 2 aromatic heterocycles. The fourth-order valence-corrected chi connectivity index (χ4v) is 1.91. The Morgan fingerprint density at radius 3 is 2.57 bits per heavy atom. The smallest absolute Gasteiger partial charge is 0.433 e. The molecule has 0 atom stereocenters. The summed E-state index contributed by atoms with van der Waals surface area (Å²) in [7, 11) is 4.40. The molecule has 21 heavy (non-hydrogen) atoms. The molecule has 0 aliphatic heterocycles. The van der Waals surface area contributed by atoms with Gasteiger partial charge in [-0.15, -0.1) is 17.5 Å². The van der Waals surface area contributed by atoms with Gasteiger partial charge in [0.15, 0.2) is 0 Å². The molecule has 2 heterocycles. The van der Waals surface area contributed by atoms with Crippen LogP contribution < -0.4 is 10.1 Å². The van der Waals surface area contributed by atoms with Crippen LogP contribution in [0.1, 0.15) is 11.3 Å². The zero-order valence-corrected chi connectivity index (χ0v) is 12.4. The van der Waals surface area contributed by atoms with Crippen molar-refractivity contribution in [1.82, 2.24) is 19.6 Å². The largest absolute Gasteiger partial charge is 0.478 e. The van der Waals surface area contributed by atoms with Gasteiger partial charge in [-0.25, -0.2) is 0 Å². The van der Waals surface area contributed by atoms with Gasteiger partial charge in [0.2, 0.25) is 0 Å². The van der Waals surface area contributed by atoms with Crippen molar-refractivity contribution in [2.45, 2.75) is 12.7 Å². The Morgan fingerprint density at radius 1 is 1.33 bits per heavy atom. The maximum atomic E-state index is 12.9. The molecule has 0 bridgehead atoms. The van der Waals surface area contributed by atoms with E-state index < -0.39 is 11.9 Å². The Bertz CT molecular complexity index is 608. The van der Waals surface area contributed by atoms with Crippen LogP contribution >= 0.6 is 12.4 Å². The normalized spacial score (nSPS) is 11.1. The second-order valence-corrected chi connectivity index (χ2v) is 4.22. The fourth-order valence-electron chi connectivity index (χ4n) is 1.91. The van der Waals surface area contributed by atoms with Crippen molar-refractivity contribution in [1.29, 1.82) is 0 Å². The molecule has 0 aliphatic rings. The van der Waals surface area contributed by atoms with E-state index in [1.807, 2.05) is 0 Å². The topological polar surface area (TPSA) is 56.9 Å². The van der Waals surface area contributed by atoms with Gasteiger partial charge in [0, 0.05) is 26.2 Å². The molecule has 0 aromatic carbocycles. The molecule has 6 nitrogen and oxygen atoms in total. The average Bonchev–Trinajstić information content (AvgIpc) is 2.88. The summed E-state index contributed by atoms with van der Waals surface area (Å²) in [6, 6.07) is 0. The van der Waals surface area contributed by atoms with Crippen molar-refractivity contribution in [2.75, 3.05) is 12.4 Å². The number of methoxy groups -OCH3 is 1. The minimum Gasteiger partial charge on any atom is -0.478 e. The molecule has 10 heteroatoms. The van der Waals surface area contributed by atoms with Crippen LogP contribution in [0.5, 0.6) is 5.88 Å². The first-order valence-electron chi connectivity index (χ1n) is 5.72. The average molecular weight is 326 g/mol. The Labute approximate surface area is 125 Å². The second kappa shape index (κ2) is 6.25. The van der Waals surface area contributed by atoms with Crippen LogP contribution in [0.15, 0.2) is 12.4 Å². The van der Waals surface area contributed by atoms with Gasteiger partial charge < -0.3 is 10.1 Å². The van der Waals surface area contributed by atoms with Gasteiger partial charge in [-0.2, -0.15) is 18.3 Å². The van der Waals surface area contributed by atoms with E-state index in [-0.39, 0.29) is 24.5 Å². The third kappa shape index (κ3) is 3.60. The van der Waals surface area contributed by atoms with E-state index >= 15 is 0 Å². The van der Waals surface area contributed by atoms with Gasteiger partial charge in [-0.3, -0.25) is 9.36 Å². The highest BCUT2D eigenvalue weighted by molar-refractivity contribution is 5.85. The number of aryl methyl sites for hydroxylation is 2. The van der Waals surface area contributed by atoms with Crippen molar-refractivity contribution < 1.29 is 17.9 Å². The number of halogens is 4. The number of hydrogen-bond acceptors (Lipinski definition) is 4. The van der Waals surface area contributed by atoms with E-state index in [4.69, 9.17) is 4.74 Å². The van der Waals surface area contributed by atoms with Crippen LogP contribution in [0, 0.1) is 0 Å². The van der Waals surface area contributed by atoms with E-state index in [1.54, 1.807) is 13.2 Å². The molecule has 0 unspecified atom stereocenters. The van der Waals surface area contributed by atoms with Crippen LogP contribution in [-0.2, 0) is 26.8 Å². The zero-order chi connectivity index (χ0) is 14.9. The van der Waals surface area contributed by atoms with Crippen LogP contribution in [0.4, 0.5) is 18.9 Å². The summed E-state index contributed by atoms with van der Waals surface area (Å²) < 4.78 is 46.0. The predicted octanol–water partition coefficient (Wildman–Crippen LogP) is 2.21. The molecule has 2 aromatic rings. The molecule has 0 fully saturated rings. The monoisotopic (exact) mass is 325 g/mol. The highest BCUT2D eigenvalue weighted by Crippen LogP contribution is 2.32. The van der Waals surface area contributed by atoms with Gasteiger partial charge in [-0.05, 0) is 0 Å². The summed E-state index contributed by atoms with van der Waals surface area (Å²) in [5, 5.41) is 10.5. The van der Waals surface area contributed by atoms with Crippen LogP contribution in [-0.4, -0.2) is 26.7 Å². The number of aromatic nitrogens is 4. The first-order valence-corrected chi connectivity index (χ1v) is 5.72. The second-order valence-electron chi connectivity index (χ2n) is 4.22. The van der Waals surface area contributed by atoms with E-state index in [0.29, 0.717) is 11.6 Å². The number of anilines is 1. The molecule has 0 spiro atoms. The number of rotatable bonds is 4. The van der Waals surface area contributed by atoms with Crippen molar-refractivity contribution in [2.24, 2.45) is 14.1 Å². The fraction of sp³-hybridized carbons (Fsp3) is 0.455. The summed E-state index contributed by atoms with van der Waals surface area (Å²) in [5.41, 5.74) is -0.189. The Kier molecular flexibility index (Phi) is 5.10. The minimum atomic E-state index is -4.44. The molecule has 0 radical (unpaired) electrons. The van der Waals surface area contributed by atoms with Gasteiger partial charge >= 0.3 is 6.18 Å². The lowest BCUT2D eigenvalue weighted by Crippen LogP contribution is -2.15. The van der Waals surface area contributed by atoms with Gasteiger partial charge in [-0.1, -0.05) is 0 Å². The number of ether oxygens (including phenoxy) is 1. The van der Waals surface area contributed by atoms with Crippen molar-refractivity contribution >= 4 is 18.1 Å². The first-order chi connectivity index (χ1) is 9.32. The highest BCUT2D eigenvalue weighted by Gasteiger charge is 2.37. The number of nitrogens with one attached hydrogen (secondary N) is 1. The molecule has 1 N–H and O–H groups in total. The van der Waals surface area contributed by atoms with Crippen LogP contribution in [0.2, 0.25) is 0 Å². The molecule has 0 saturated heterocycles. The quantitative estimate of drug-likeness (QED) is 0.936. The van der Waals surface area contributed by atoms with Crippen LogP contribution in [0.25, 0.3) is 0 Å². The molecular weight excluding hydrogens is 311 g/mol. The molecule has 0 amide bonds. The van der Waals surface area contributed by atoms with Crippen molar-refractivity contribution in [3.05, 3.63) is 23.7 Å². The first kappa shape index (κ1) is 17.2. The van der Waals surface area contributed by atoms with Crippen molar-refractivity contribution in [3.63, 3.8) is 0 Å². The summed E-state index contributed by atoms with van der Waals surface area (Å²) in [5.74, 6) is 0.324. The van der Waals surface area contributed by atoms with E-state index in [0.717, 1.165) is 4.68 Å². The summed E-state index contributed by atoms with van der Waals surface area (Å²) in [6.07, 6.45) is -1.62. The summed E-state index contributed by atoms with van der Waals surface area (Å²) in [6.45, 7) is -0.0231. The molecule has 2 rings (SSSR count). The number of hydrogen-bond donors (Lipinski definition) is 1. The van der Waals surface area contributed by atoms with Gasteiger partial charge in [0.1, 0.15) is 11.4 Å². The molecule has 118 valence electrons. The van der Waals surface area contributed by atoms with Gasteiger partial charge in [0.25, 0.3) is 5.88 Å². The molecule has 0 saturated carbocycles. The number of alkyl halides is 3. The lowest BCUT2D eigenvalue weighted by molar-refractivity contribution is -0.144. The predicted molar refractivity (Wildman–Crippen MR) is 72.5 cm³/mol. The van der Waals surface area contributed by atoms with E-state index in [2.05, 4.69) is 15.5 Å². The van der Waals surface area contributed by atoms with E-state index in [1.165, 1.54) is 25.0 Å². The van der Waals surface area contributed by atoms with E-state index in [9.17, 15) is 13.2 Å². The highest BCUT2D eigenvalue weighted by atomic mass is 35.5. The lowest BCUT2D eigenvalue weighted by Gasteiger charge is -2.10. The maximum Gasteiger partial charge on any atom is 0.433 e. The molecular formula is C11H15ClF3N5O. The van der Waals surface area contributed by atoms with Gasteiger partial charge in [0.05, 0.1) is 19.5 Å². The van der Waals surface area contributed by atoms with Crippen molar-refractivity contribution in [3.8, 4) is 5.88 Å². The number of nitrogens with zero attached hydrogens (tertiary/aromatic N) is 4.